The third kappa shape index (κ3) is 7.71. The summed E-state index contributed by atoms with van der Waals surface area (Å²) in [5.74, 6) is 0. The van der Waals surface area contributed by atoms with E-state index in [2.05, 4.69) is 315 Å². The van der Waals surface area contributed by atoms with Crippen molar-refractivity contribution in [3.63, 3.8) is 0 Å². The quantitative estimate of drug-likeness (QED) is 0.135. The number of fused-ring (bicyclic) bond motifs is 10. The van der Waals surface area contributed by atoms with E-state index in [0.717, 1.165) is 45.3 Å². The molecule has 0 amide bonds. The summed E-state index contributed by atoms with van der Waals surface area (Å²) < 4.78 is 0. The van der Waals surface area contributed by atoms with Gasteiger partial charge in [-0.05, 0) is 188 Å². The average molecular weight is 983 g/mol. The highest BCUT2D eigenvalue weighted by molar-refractivity contribution is 5.98. The fraction of sp³-hybridized carbons (Fsp3) is 0.0400. The van der Waals surface area contributed by atoms with E-state index in [1.165, 1.54) is 89.0 Å². The Hall–Kier alpha value is -9.76. The minimum Gasteiger partial charge on any atom is -0.311 e. The first-order valence-electron chi connectivity index (χ1n) is 26.7. The smallest absolute Gasteiger partial charge is 0.0726 e. The molecular weight excluding hydrogens is 929 g/mol. The molecule has 1 spiro atoms. The van der Waals surface area contributed by atoms with Crippen molar-refractivity contribution in [3.8, 4) is 66.8 Å². The molecule has 2 heteroatoms. The van der Waals surface area contributed by atoms with Crippen molar-refractivity contribution in [1.29, 1.82) is 0 Å². The zero-order valence-corrected chi connectivity index (χ0v) is 43.1. The molecule has 0 fully saturated rings. The monoisotopic (exact) mass is 982 g/mol. The van der Waals surface area contributed by atoms with Crippen molar-refractivity contribution < 1.29 is 0 Å². The molecule has 364 valence electrons. The van der Waals surface area contributed by atoms with Crippen LogP contribution in [0.5, 0.6) is 0 Å². The third-order valence-electron chi connectivity index (χ3n) is 16.0. The van der Waals surface area contributed by atoms with Crippen LogP contribution in [0.15, 0.2) is 291 Å². The van der Waals surface area contributed by atoms with Crippen LogP contribution in [-0.2, 0) is 5.41 Å². The molecule has 0 N–H and O–H groups in total. The van der Waals surface area contributed by atoms with Crippen molar-refractivity contribution in [3.05, 3.63) is 325 Å². The highest BCUT2D eigenvalue weighted by atomic mass is 15.1. The summed E-state index contributed by atoms with van der Waals surface area (Å²) in [6, 6.07) is 107. The predicted octanol–water partition coefficient (Wildman–Crippen LogP) is 20.3. The fourth-order valence-electron chi connectivity index (χ4n) is 12.5. The van der Waals surface area contributed by atoms with Gasteiger partial charge >= 0.3 is 0 Å². The molecule has 0 aromatic heterocycles. The average Bonchev–Trinajstić information content (AvgIpc) is 4.17. The van der Waals surface area contributed by atoms with E-state index in [0.29, 0.717) is 0 Å². The predicted molar refractivity (Wildman–Crippen MR) is 323 cm³/mol. The molecule has 12 aromatic carbocycles. The zero-order valence-electron chi connectivity index (χ0n) is 43.1. The maximum Gasteiger partial charge on any atom is 0.0726 e. The van der Waals surface area contributed by atoms with Gasteiger partial charge in [-0.1, -0.05) is 217 Å². The van der Waals surface area contributed by atoms with Gasteiger partial charge < -0.3 is 9.80 Å². The first kappa shape index (κ1) is 45.8. The Labute approximate surface area is 452 Å². The normalized spacial score (nSPS) is 12.4. The second-order valence-corrected chi connectivity index (χ2v) is 20.6. The minimum absolute atomic E-state index is 0.458. The van der Waals surface area contributed by atoms with Crippen molar-refractivity contribution in [2.45, 2.75) is 19.3 Å². The number of aryl methyl sites for hydroxylation is 2. The lowest BCUT2D eigenvalue weighted by atomic mass is 9.70. The topological polar surface area (TPSA) is 6.48 Å². The number of para-hydroxylation sites is 3. The van der Waals surface area contributed by atoms with E-state index in [1.807, 2.05) is 0 Å². The largest absolute Gasteiger partial charge is 0.311 e. The van der Waals surface area contributed by atoms with Crippen LogP contribution in [0, 0.1) is 13.8 Å². The number of benzene rings is 12. The zero-order chi connectivity index (χ0) is 51.5. The fourth-order valence-corrected chi connectivity index (χ4v) is 12.5. The molecule has 0 saturated carbocycles. The Morgan fingerprint density at radius 3 is 0.935 bits per heavy atom. The number of anilines is 6. The van der Waals surface area contributed by atoms with Crippen LogP contribution in [-0.4, -0.2) is 0 Å². The molecule has 0 bridgehead atoms. The molecule has 14 rings (SSSR count). The van der Waals surface area contributed by atoms with E-state index in [9.17, 15) is 0 Å². The molecule has 0 aliphatic heterocycles. The van der Waals surface area contributed by atoms with Crippen LogP contribution < -0.4 is 9.80 Å². The summed E-state index contributed by atoms with van der Waals surface area (Å²) in [5.41, 5.74) is 28.7. The third-order valence-corrected chi connectivity index (χ3v) is 16.0. The number of hydrogen-bond acceptors (Lipinski definition) is 2. The molecule has 0 saturated heterocycles. The van der Waals surface area contributed by atoms with E-state index in [-0.39, 0.29) is 0 Å². The van der Waals surface area contributed by atoms with Crippen LogP contribution in [0.4, 0.5) is 34.1 Å². The summed E-state index contributed by atoms with van der Waals surface area (Å²) >= 11 is 0. The van der Waals surface area contributed by atoms with E-state index in [4.69, 9.17) is 0 Å². The molecule has 0 radical (unpaired) electrons. The Balaban J connectivity index is 0.907. The first-order chi connectivity index (χ1) is 38.0. The Morgan fingerprint density at radius 2 is 0.506 bits per heavy atom. The van der Waals surface area contributed by atoms with Crippen LogP contribution in [0.25, 0.3) is 66.8 Å². The van der Waals surface area contributed by atoms with Gasteiger partial charge in [0.25, 0.3) is 0 Å². The highest BCUT2D eigenvalue weighted by Crippen LogP contribution is 2.63. The van der Waals surface area contributed by atoms with Gasteiger partial charge in [-0.25, -0.2) is 0 Å². The van der Waals surface area contributed by atoms with Gasteiger partial charge in [-0.15, -0.1) is 0 Å². The summed E-state index contributed by atoms with van der Waals surface area (Å²) in [4.78, 5) is 4.75. The van der Waals surface area contributed by atoms with Gasteiger partial charge in [0.2, 0.25) is 0 Å². The lowest BCUT2D eigenvalue weighted by molar-refractivity contribution is 0.791. The van der Waals surface area contributed by atoms with Gasteiger partial charge in [0.1, 0.15) is 0 Å². The lowest BCUT2D eigenvalue weighted by Gasteiger charge is -2.32. The molecule has 0 unspecified atom stereocenters. The Bertz CT molecular complexity index is 4040. The van der Waals surface area contributed by atoms with Crippen LogP contribution in [0.3, 0.4) is 0 Å². The van der Waals surface area contributed by atoms with Crippen molar-refractivity contribution in [2.75, 3.05) is 9.80 Å². The van der Waals surface area contributed by atoms with Gasteiger partial charge in [0, 0.05) is 34.1 Å². The number of rotatable bonds is 10. The Morgan fingerprint density at radius 1 is 0.208 bits per heavy atom. The molecule has 2 aliphatic carbocycles. The second kappa shape index (κ2) is 18.9. The van der Waals surface area contributed by atoms with Gasteiger partial charge in [-0.3, -0.25) is 0 Å². The Kier molecular flexibility index (Phi) is 11.2. The van der Waals surface area contributed by atoms with Crippen LogP contribution in [0.2, 0.25) is 0 Å². The lowest BCUT2D eigenvalue weighted by Crippen LogP contribution is -2.26. The van der Waals surface area contributed by atoms with Crippen molar-refractivity contribution >= 4 is 34.1 Å². The molecule has 0 atom stereocenters. The number of nitrogens with zero attached hydrogens (tertiary/aromatic N) is 2. The molecular formula is C75H54N2. The van der Waals surface area contributed by atoms with Crippen LogP contribution in [0.1, 0.15) is 33.4 Å². The SMILES string of the molecule is Cc1ccc2c(c1)C1(c3ccccc3-c3ccc(N(c4ccccc4)c4ccc(-c5cc(-c6ccccc6)c(-c6ccc(N(c7ccccc7)c7ccccc7)cc6)cc5-c5ccccc5)cc4)cc31)c1cc(C)ccc1-2. The van der Waals surface area contributed by atoms with E-state index in [1.54, 1.807) is 0 Å². The summed E-state index contributed by atoms with van der Waals surface area (Å²) in [7, 11) is 0. The summed E-state index contributed by atoms with van der Waals surface area (Å²) in [6.45, 7) is 4.46. The summed E-state index contributed by atoms with van der Waals surface area (Å²) in [5, 5.41) is 0. The standard InChI is InChI=1S/C75H54N2/c1-51-32-43-64-65-44-33-52(2)47-73(65)75(72(64)46-51)71-31-19-18-30-63(71)66-45-42-62(48-74(66)75)77(59-28-16-7-17-29-59)61-40-36-56(37-41-61)70-50-67(53-20-8-3-9-21-53)69(49-68(70)54-22-10-4-11-23-54)55-34-38-60(39-35-55)76(57-24-12-5-13-25-57)58-26-14-6-15-27-58/h3-50H,1-2H3. The molecule has 12 aromatic rings. The molecule has 77 heavy (non-hydrogen) atoms. The van der Waals surface area contributed by atoms with Crippen molar-refractivity contribution in [1.82, 2.24) is 0 Å². The first-order valence-corrected chi connectivity index (χ1v) is 26.7. The maximum atomic E-state index is 2.49. The van der Waals surface area contributed by atoms with Gasteiger partial charge in [0.15, 0.2) is 0 Å². The second-order valence-electron chi connectivity index (χ2n) is 20.6. The molecule has 2 nitrogen and oxygen atoms in total. The summed E-state index contributed by atoms with van der Waals surface area (Å²) in [6.07, 6.45) is 0. The van der Waals surface area contributed by atoms with E-state index >= 15 is 0 Å². The minimum atomic E-state index is -0.458. The molecule has 0 heterocycles. The number of hydrogen-bond donors (Lipinski definition) is 0. The van der Waals surface area contributed by atoms with Gasteiger partial charge in [0.05, 0.1) is 5.41 Å². The van der Waals surface area contributed by atoms with Crippen molar-refractivity contribution in [2.24, 2.45) is 0 Å². The van der Waals surface area contributed by atoms with E-state index < -0.39 is 5.41 Å². The van der Waals surface area contributed by atoms with Gasteiger partial charge in [-0.2, -0.15) is 0 Å². The van der Waals surface area contributed by atoms with Crippen LogP contribution >= 0.6 is 0 Å². The maximum absolute atomic E-state index is 2.49. The molecule has 2 aliphatic rings. The highest BCUT2D eigenvalue weighted by Gasteiger charge is 2.52.